The molecule has 27 heavy (non-hydrogen) atoms. The normalized spacial score (nSPS) is 14.7. The Balaban J connectivity index is 1.79. The van der Waals surface area contributed by atoms with Gasteiger partial charge in [-0.2, -0.15) is 10.2 Å². The van der Waals surface area contributed by atoms with Crippen LogP contribution < -0.4 is 4.90 Å². The molecule has 1 aliphatic heterocycles. The molecule has 0 bridgehead atoms. The first-order chi connectivity index (χ1) is 13.0. The van der Waals surface area contributed by atoms with Crippen molar-refractivity contribution >= 4 is 11.4 Å². The Bertz CT molecular complexity index is 952. The van der Waals surface area contributed by atoms with E-state index in [1.807, 2.05) is 36.2 Å². The van der Waals surface area contributed by atoms with Crippen LogP contribution in [0.25, 0.3) is 11.3 Å². The van der Waals surface area contributed by atoms with Gasteiger partial charge in [0, 0.05) is 49.6 Å². The predicted molar refractivity (Wildman–Crippen MR) is 101 cm³/mol. The first-order valence-electron chi connectivity index (χ1n) is 8.64. The second kappa shape index (κ2) is 7.04. The highest BCUT2D eigenvalue weighted by atomic mass is 19.1. The average molecular weight is 364 g/mol. The summed E-state index contributed by atoms with van der Waals surface area (Å²) in [5.41, 5.74) is 4.49. The lowest BCUT2D eigenvalue weighted by molar-refractivity contribution is 0.343. The molecule has 1 aliphatic rings. The van der Waals surface area contributed by atoms with E-state index < -0.39 is 11.6 Å². The van der Waals surface area contributed by atoms with Gasteiger partial charge in [-0.3, -0.25) is 0 Å². The number of hydrogen-bond donors (Lipinski definition) is 0. The highest BCUT2D eigenvalue weighted by molar-refractivity contribution is 5.72. The van der Waals surface area contributed by atoms with E-state index in [1.54, 1.807) is 6.07 Å². The molecule has 6 heteroatoms. The van der Waals surface area contributed by atoms with Crippen molar-refractivity contribution in [3.63, 3.8) is 0 Å². The fourth-order valence-corrected chi connectivity index (χ4v) is 3.36. The van der Waals surface area contributed by atoms with E-state index in [2.05, 4.69) is 15.1 Å². The van der Waals surface area contributed by atoms with Gasteiger partial charge in [-0.15, -0.1) is 0 Å². The van der Waals surface area contributed by atoms with Gasteiger partial charge in [0.15, 0.2) is 0 Å². The standard InChI is InChI=1S/C21H18F2N4/c1-14-3-5-20(25-24-14)15-4-6-21-16(9-15)13-26(2)7-8-27(21)19-11-17(22)10-18(23)12-19/h1,3-6,9-12H,7-8,13H2,2H3. The number of benzene rings is 2. The molecule has 4 rings (SSSR count). The molecule has 2 heterocycles. The number of hydrogen-bond acceptors (Lipinski definition) is 4. The van der Waals surface area contributed by atoms with Crippen LogP contribution in [0.4, 0.5) is 20.2 Å². The molecule has 0 spiro atoms. The van der Waals surface area contributed by atoms with E-state index >= 15 is 0 Å². The summed E-state index contributed by atoms with van der Waals surface area (Å²) in [6.45, 7) is 7.74. The van der Waals surface area contributed by atoms with Crippen LogP contribution in [0, 0.1) is 18.6 Å². The van der Waals surface area contributed by atoms with E-state index in [0.29, 0.717) is 17.9 Å². The van der Waals surface area contributed by atoms with Crippen molar-refractivity contribution < 1.29 is 8.78 Å². The van der Waals surface area contributed by atoms with Crippen LogP contribution in [-0.2, 0) is 6.54 Å². The lowest BCUT2D eigenvalue weighted by Gasteiger charge is -2.25. The minimum atomic E-state index is -0.585. The van der Waals surface area contributed by atoms with E-state index in [9.17, 15) is 8.78 Å². The van der Waals surface area contributed by atoms with Gasteiger partial charge in [-0.25, -0.2) is 8.78 Å². The van der Waals surface area contributed by atoms with Crippen LogP contribution in [0.3, 0.4) is 0 Å². The van der Waals surface area contributed by atoms with E-state index in [4.69, 9.17) is 6.92 Å². The number of anilines is 2. The van der Waals surface area contributed by atoms with Gasteiger partial charge in [0.25, 0.3) is 0 Å². The van der Waals surface area contributed by atoms with E-state index in [1.165, 1.54) is 12.1 Å². The highest BCUT2D eigenvalue weighted by Crippen LogP contribution is 2.34. The first-order valence-corrected chi connectivity index (χ1v) is 8.64. The maximum absolute atomic E-state index is 13.8. The van der Waals surface area contributed by atoms with Gasteiger partial charge in [-0.05, 0) is 49.0 Å². The van der Waals surface area contributed by atoms with Crippen molar-refractivity contribution in [1.82, 2.24) is 15.1 Å². The summed E-state index contributed by atoms with van der Waals surface area (Å²) < 4.78 is 27.5. The van der Waals surface area contributed by atoms with Crippen LogP contribution in [0.1, 0.15) is 11.3 Å². The van der Waals surface area contributed by atoms with Crippen molar-refractivity contribution in [1.29, 1.82) is 0 Å². The van der Waals surface area contributed by atoms with Crippen molar-refractivity contribution in [2.75, 3.05) is 25.0 Å². The molecule has 0 saturated heterocycles. The van der Waals surface area contributed by atoms with E-state index in [-0.39, 0.29) is 0 Å². The van der Waals surface area contributed by atoms with Gasteiger partial charge in [0.1, 0.15) is 11.6 Å². The quantitative estimate of drug-likeness (QED) is 0.686. The molecule has 0 atom stereocenters. The minimum absolute atomic E-state index is 0.368. The fourth-order valence-electron chi connectivity index (χ4n) is 3.36. The molecule has 0 aliphatic carbocycles. The molecule has 3 aromatic rings. The average Bonchev–Trinajstić information content (AvgIpc) is 2.79. The molecule has 1 aromatic heterocycles. The van der Waals surface area contributed by atoms with Gasteiger partial charge >= 0.3 is 0 Å². The third-order valence-electron chi connectivity index (χ3n) is 4.66. The molecule has 0 unspecified atom stereocenters. The Morgan fingerprint density at radius 2 is 1.70 bits per heavy atom. The summed E-state index contributed by atoms with van der Waals surface area (Å²) in [4.78, 5) is 4.12. The van der Waals surface area contributed by atoms with Crippen LogP contribution in [-0.4, -0.2) is 35.2 Å². The van der Waals surface area contributed by atoms with Gasteiger partial charge in [0.05, 0.1) is 11.4 Å². The Hall–Kier alpha value is -2.86. The fraction of sp³-hybridized carbons (Fsp3) is 0.190. The van der Waals surface area contributed by atoms with Crippen LogP contribution >= 0.6 is 0 Å². The summed E-state index contributed by atoms with van der Waals surface area (Å²) in [5, 5.41) is 8.05. The number of halogens is 2. The number of rotatable bonds is 2. The minimum Gasteiger partial charge on any atom is -0.340 e. The Kier molecular flexibility index (Phi) is 4.58. The third kappa shape index (κ3) is 3.66. The summed E-state index contributed by atoms with van der Waals surface area (Å²) in [6.07, 6.45) is 0. The molecular weight excluding hydrogens is 346 g/mol. The maximum atomic E-state index is 13.8. The molecule has 0 amide bonds. The second-order valence-corrected chi connectivity index (χ2v) is 6.70. The van der Waals surface area contributed by atoms with Crippen LogP contribution in [0.5, 0.6) is 0 Å². The van der Waals surface area contributed by atoms with Crippen molar-refractivity contribution in [2.24, 2.45) is 0 Å². The second-order valence-electron chi connectivity index (χ2n) is 6.70. The maximum Gasteiger partial charge on any atom is 0.128 e. The summed E-state index contributed by atoms with van der Waals surface area (Å²) in [6, 6.07) is 13.1. The molecule has 0 fully saturated rings. The number of nitrogens with zero attached hydrogens (tertiary/aromatic N) is 4. The topological polar surface area (TPSA) is 32.3 Å². The predicted octanol–water partition coefficient (Wildman–Crippen LogP) is 4.06. The molecule has 2 radical (unpaired) electrons. The van der Waals surface area contributed by atoms with Gasteiger partial charge < -0.3 is 9.80 Å². The number of fused-ring (bicyclic) bond motifs is 1. The molecule has 136 valence electrons. The smallest absolute Gasteiger partial charge is 0.128 e. The SMILES string of the molecule is [CH]c1ccc(-c2ccc3c(c2)CN(C)CCN3c2cc(F)cc(F)c2)nn1. The number of likely N-dealkylation sites (N-methyl/N-ethyl adjacent to an activating group) is 1. The van der Waals surface area contributed by atoms with Crippen molar-refractivity contribution in [2.45, 2.75) is 6.54 Å². The largest absolute Gasteiger partial charge is 0.340 e. The Labute approximate surface area is 157 Å². The summed E-state index contributed by atoms with van der Waals surface area (Å²) in [7, 11) is 2.02. The lowest BCUT2D eigenvalue weighted by atomic mass is 10.0. The molecule has 0 N–H and O–H groups in total. The van der Waals surface area contributed by atoms with Crippen molar-refractivity contribution in [3.8, 4) is 11.3 Å². The molecule has 2 aromatic carbocycles. The highest BCUT2D eigenvalue weighted by Gasteiger charge is 2.21. The zero-order chi connectivity index (χ0) is 19.0. The molecular formula is C21H18F2N4. The Morgan fingerprint density at radius 3 is 2.41 bits per heavy atom. The van der Waals surface area contributed by atoms with Gasteiger partial charge in [0.2, 0.25) is 0 Å². The lowest BCUT2D eigenvalue weighted by Crippen LogP contribution is -2.26. The summed E-state index contributed by atoms with van der Waals surface area (Å²) >= 11 is 0. The zero-order valence-electron chi connectivity index (χ0n) is 14.9. The van der Waals surface area contributed by atoms with Crippen LogP contribution in [0.2, 0.25) is 0 Å². The van der Waals surface area contributed by atoms with Crippen LogP contribution in [0.15, 0.2) is 48.5 Å². The zero-order valence-corrected chi connectivity index (χ0v) is 14.9. The Morgan fingerprint density at radius 1 is 0.926 bits per heavy atom. The van der Waals surface area contributed by atoms with E-state index in [0.717, 1.165) is 41.7 Å². The monoisotopic (exact) mass is 364 g/mol. The first kappa shape index (κ1) is 17.5. The van der Waals surface area contributed by atoms with Gasteiger partial charge in [-0.1, -0.05) is 6.07 Å². The molecule has 4 nitrogen and oxygen atoms in total. The molecule has 0 saturated carbocycles. The van der Waals surface area contributed by atoms with Crippen molar-refractivity contribution in [3.05, 3.63) is 78.3 Å². The summed E-state index contributed by atoms with van der Waals surface area (Å²) in [5.74, 6) is -1.17. The number of aromatic nitrogens is 2. The third-order valence-corrected chi connectivity index (χ3v) is 4.66.